The Morgan fingerprint density at radius 3 is 2.38 bits per heavy atom. The first-order valence-electron chi connectivity index (χ1n) is 10.0. The first-order valence-corrected chi connectivity index (χ1v) is 10.4. The van der Waals surface area contributed by atoms with Crippen LogP contribution in [0.2, 0.25) is 5.02 Å². The molecule has 2 aromatic rings. The molecule has 0 radical (unpaired) electrons. The Morgan fingerprint density at radius 2 is 1.72 bits per heavy atom. The van der Waals surface area contributed by atoms with E-state index in [0.29, 0.717) is 17.1 Å². The molecule has 2 amide bonds. The van der Waals surface area contributed by atoms with E-state index in [1.54, 1.807) is 0 Å². The zero-order chi connectivity index (χ0) is 20.8. The molecule has 2 aromatic carbocycles. The normalized spacial score (nSPS) is 18.7. The summed E-state index contributed by atoms with van der Waals surface area (Å²) in [4.78, 5) is 27.0. The van der Waals surface area contributed by atoms with Gasteiger partial charge in [0.25, 0.3) is 5.91 Å². The molecular weight excluding hydrogens is 386 g/mol. The SMILES string of the molecule is CN(C)c1cccc(C(=O)NC2CCC(C(=O)NCc3ccc(Cl)cc3)CC2)c1. The topological polar surface area (TPSA) is 61.4 Å². The lowest BCUT2D eigenvalue weighted by atomic mass is 9.85. The third kappa shape index (κ3) is 5.97. The van der Waals surface area contributed by atoms with Crippen molar-refractivity contribution in [1.82, 2.24) is 10.6 Å². The minimum absolute atomic E-state index is 0.00696. The van der Waals surface area contributed by atoms with Crippen LogP contribution in [0, 0.1) is 5.92 Å². The number of amides is 2. The number of benzene rings is 2. The predicted octanol–water partition coefficient (Wildman–Crippen LogP) is 4.01. The zero-order valence-electron chi connectivity index (χ0n) is 17.0. The fourth-order valence-electron chi connectivity index (χ4n) is 3.63. The van der Waals surface area contributed by atoms with E-state index < -0.39 is 0 Å². The van der Waals surface area contributed by atoms with Gasteiger partial charge >= 0.3 is 0 Å². The highest BCUT2D eigenvalue weighted by Gasteiger charge is 2.27. The third-order valence-corrected chi connectivity index (χ3v) is 5.69. The standard InChI is InChI=1S/C23H28ClN3O2/c1-27(2)21-5-3-4-18(14-21)23(29)26-20-12-8-17(9-13-20)22(28)25-15-16-6-10-19(24)11-7-16/h3-7,10-11,14,17,20H,8-9,12-13,15H2,1-2H3,(H,25,28)(H,26,29). The van der Waals surface area contributed by atoms with Gasteiger partial charge in [-0.15, -0.1) is 0 Å². The van der Waals surface area contributed by atoms with E-state index in [-0.39, 0.29) is 23.8 Å². The Labute approximate surface area is 177 Å². The Morgan fingerprint density at radius 1 is 1.03 bits per heavy atom. The molecular formula is C23H28ClN3O2. The molecule has 0 bridgehead atoms. The van der Waals surface area contributed by atoms with E-state index in [0.717, 1.165) is 36.9 Å². The van der Waals surface area contributed by atoms with Crippen molar-refractivity contribution >= 4 is 29.1 Å². The van der Waals surface area contributed by atoms with Crippen LogP contribution in [-0.2, 0) is 11.3 Å². The number of carbonyl (C=O) groups excluding carboxylic acids is 2. The van der Waals surface area contributed by atoms with Crippen molar-refractivity contribution in [3.05, 3.63) is 64.7 Å². The van der Waals surface area contributed by atoms with Crippen molar-refractivity contribution in [2.24, 2.45) is 5.92 Å². The van der Waals surface area contributed by atoms with Crippen LogP contribution in [0.15, 0.2) is 48.5 Å². The molecule has 0 spiro atoms. The van der Waals surface area contributed by atoms with Crippen molar-refractivity contribution < 1.29 is 9.59 Å². The molecule has 0 atom stereocenters. The molecule has 29 heavy (non-hydrogen) atoms. The van der Waals surface area contributed by atoms with E-state index in [1.807, 2.05) is 67.5 Å². The molecule has 1 fully saturated rings. The summed E-state index contributed by atoms with van der Waals surface area (Å²) in [6.07, 6.45) is 3.21. The number of hydrogen-bond donors (Lipinski definition) is 2. The second kappa shape index (κ2) is 9.79. The molecule has 0 aromatic heterocycles. The van der Waals surface area contributed by atoms with Crippen LogP contribution in [0.25, 0.3) is 0 Å². The molecule has 5 nitrogen and oxygen atoms in total. The Hall–Kier alpha value is -2.53. The number of nitrogens with zero attached hydrogens (tertiary/aromatic N) is 1. The Bertz CT molecular complexity index is 843. The first kappa shape index (κ1) is 21.2. The largest absolute Gasteiger partial charge is 0.378 e. The van der Waals surface area contributed by atoms with Crippen LogP contribution in [0.4, 0.5) is 5.69 Å². The summed E-state index contributed by atoms with van der Waals surface area (Å²) in [5.74, 6) is 0.0419. The first-order chi connectivity index (χ1) is 13.9. The van der Waals surface area contributed by atoms with E-state index in [2.05, 4.69) is 10.6 Å². The van der Waals surface area contributed by atoms with Crippen molar-refractivity contribution in [1.29, 1.82) is 0 Å². The maximum Gasteiger partial charge on any atom is 0.251 e. The monoisotopic (exact) mass is 413 g/mol. The summed E-state index contributed by atoms with van der Waals surface area (Å²) < 4.78 is 0. The number of anilines is 1. The Kier molecular flexibility index (Phi) is 7.15. The quantitative estimate of drug-likeness (QED) is 0.752. The van der Waals surface area contributed by atoms with E-state index >= 15 is 0 Å². The molecule has 154 valence electrons. The smallest absolute Gasteiger partial charge is 0.251 e. The minimum atomic E-state index is -0.0515. The lowest BCUT2D eigenvalue weighted by molar-refractivity contribution is -0.126. The van der Waals surface area contributed by atoms with Gasteiger partial charge in [-0.1, -0.05) is 29.8 Å². The lowest BCUT2D eigenvalue weighted by Crippen LogP contribution is -2.40. The van der Waals surface area contributed by atoms with Crippen LogP contribution in [0.3, 0.4) is 0 Å². The summed E-state index contributed by atoms with van der Waals surface area (Å²) in [5, 5.41) is 6.82. The maximum absolute atomic E-state index is 12.6. The van der Waals surface area contributed by atoms with Gasteiger partial charge in [-0.2, -0.15) is 0 Å². The number of nitrogens with one attached hydrogen (secondary N) is 2. The summed E-state index contributed by atoms with van der Waals surface area (Å²) >= 11 is 5.89. The fraction of sp³-hybridized carbons (Fsp3) is 0.391. The van der Waals surface area contributed by atoms with Crippen molar-refractivity contribution in [2.75, 3.05) is 19.0 Å². The molecule has 0 saturated heterocycles. The highest BCUT2D eigenvalue weighted by atomic mass is 35.5. The molecule has 0 unspecified atom stereocenters. The van der Waals surface area contributed by atoms with Gasteiger partial charge < -0.3 is 15.5 Å². The van der Waals surface area contributed by atoms with Crippen LogP contribution in [0.1, 0.15) is 41.6 Å². The van der Waals surface area contributed by atoms with Crippen LogP contribution >= 0.6 is 11.6 Å². The van der Waals surface area contributed by atoms with Crippen molar-refractivity contribution in [2.45, 2.75) is 38.3 Å². The molecule has 6 heteroatoms. The van der Waals surface area contributed by atoms with Crippen LogP contribution in [-0.4, -0.2) is 32.0 Å². The van der Waals surface area contributed by atoms with E-state index in [1.165, 1.54) is 0 Å². The van der Waals surface area contributed by atoms with Crippen LogP contribution in [0.5, 0.6) is 0 Å². The molecule has 3 rings (SSSR count). The maximum atomic E-state index is 12.6. The van der Waals surface area contributed by atoms with Gasteiger partial charge in [-0.25, -0.2) is 0 Å². The molecule has 0 heterocycles. The van der Waals surface area contributed by atoms with E-state index in [4.69, 9.17) is 11.6 Å². The molecule has 1 aliphatic rings. The second-order valence-corrected chi connectivity index (χ2v) is 8.25. The van der Waals surface area contributed by atoms with Gasteiger partial charge in [-0.05, 0) is 61.6 Å². The van der Waals surface area contributed by atoms with Crippen molar-refractivity contribution in [3.63, 3.8) is 0 Å². The summed E-state index contributed by atoms with van der Waals surface area (Å²) in [5.41, 5.74) is 2.70. The Balaban J connectivity index is 1.45. The van der Waals surface area contributed by atoms with Crippen LogP contribution < -0.4 is 15.5 Å². The predicted molar refractivity (Wildman–Crippen MR) is 117 cm³/mol. The summed E-state index contributed by atoms with van der Waals surface area (Å²) in [6.45, 7) is 0.509. The highest BCUT2D eigenvalue weighted by molar-refractivity contribution is 6.30. The summed E-state index contributed by atoms with van der Waals surface area (Å²) in [7, 11) is 3.91. The summed E-state index contributed by atoms with van der Waals surface area (Å²) in [6, 6.07) is 15.2. The van der Waals surface area contributed by atoms with Gasteiger partial charge in [0.15, 0.2) is 0 Å². The average molecular weight is 414 g/mol. The van der Waals surface area contributed by atoms with Gasteiger partial charge in [-0.3, -0.25) is 9.59 Å². The van der Waals surface area contributed by atoms with Crippen molar-refractivity contribution in [3.8, 4) is 0 Å². The molecule has 0 aliphatic heterocycles. The van der Waals surface area contributed by atoms with Gasteiger partial charge in [0.2, 0.25) is 5.91 Å². The van der Waals surface area contributed by atoms with Gasteiger partial charge in [0.05, 0.1) is 0 Å². The zero-order valence-corrected chi connectivity index (χ0v) is 17.7. The third-order valence-electron chi connectivity index (χ3n) is 5.44. The van der Waals surface area contributed by atoms with E-state index in [9.17, 15) is 9.59 Å². The second-order valence-electron chi connectivity index (χ2n) is 7.81. The fourth-order valence-corrected chi connectivity index (χ4v) is 3.76. The molecule has 1 saturated carbocycles. The lowest BCUT2D eigenvalue weighted by Gasteiger charge is -2.28. The molecule has 2 N–H and O–H groups in total. The number of hydrogen-bond acceptors (Lipinski definition) is 3. The van der Waals surface area contributed by atoms with Gasteiger partial charge in [0, 0.05) is 48.9 Å². The average Bonchev–Trinajstić information content (AvgIpc) is 2.73. The number of carbonyl (C=O) groups is 2. The molecule has 1 aliphatic carbocycles. The number of rotatable bonds is 6. The number of halogens is 1. The van der Waals surface area contributed by atoms with Gasteiger partial charge in [0.1, 0.15) is 0 Å². The minimum Gasteiger partial charge on any atom is -0.378 e. The highest BCUT2D eigenvalue weighted by Crippen LogP contribution is 2.25.